The third-order valence-corrected chi connectivity index (χ3v) is 2.76. The highest BCUT2D eigenvalue weighted by Crippen LogP contribution is 2.30. The molecule has 2 aromatic heterocycles. The number of aromatic amines is 1. The summed E-state index contributed by atoms with van der Waals surface area (Å²) in [6.07, 6.45) is 0. The fourth-order valence-electron chi connectivity index (χ4n) is 2.02. The SMILES string of the molecule is Cc1cc(-c2ccccc2)c2c(N)[nH]nc2n1. The Morgan fingerprint density at radius 2 is 1.94 bits per heavy atom. The van der Waals surface area contributed by atoms with Crippen molar-refractivity contribution in [3.63, 3.8) is 0 Å². The van der Waals surface area contributed by atoms with Gasteiger partial charge in [0.25, 0.3) is 0 Å². The van der Waals surface area contributed by atoms with Crippen molar-refractivity contribution in [3.05, 3.63) is 42.1 Å². The third kappa shape index (κ3) is 1.54. The Bertz CT molecular complexity index is 670. The number of hydrogen-bond acceptors (Lipinski definition) is 3. The number of nitrogens with zero attached hydrogens (tertiary/aromatic N) is 2. The highest BCUT2D eigenvalue weighted by atomic mass is 15.2. The molecule has 0 bridgehead atoms. The molecule has 2 heterocycles. The Morgan fingerprint density at radius 3 is 2.71 bits per heavy atom. The van der Waals surface area contributed by atoms with Crippen molar-refractivity contribution in [2.24, 2.45) is 0 Å². The lowest BCUT2D eigenvalue weighted by molar-refractivity contribution is 1.09. The Morgan fingerprint density at radius 1 is 1.18 bits per heavy atom. The van der Waals surface area contributed by atoms with Gasteiger partial charge in [-0.05, 0) is 24.1 Å². The number of nitrogens with one attached hydrogen (secondary N) is 1. The van der Waals surface area contributed by atoms with E-state index in [0.29, 0.717) is 11.5 Å². The second kappa shape index (κ2) is 3.59. The average molecular weight is 224 g/mol. The van der Waals surface area contributed by atoms with Crippen LogP contribution in [0.1, 0.15) is 5.69 Å². The van der Waals surface area contributed by atoms with E-state index in [9.17, 15) is 0 Å². The van der Waals surface area contributed by atoms with Gasteiger partial charge >= 0.3 is 0 Å². The minimum atomic E-state index is 0.561. The molecule has 0 saturated heterocycles. The largest absolute Gasteiger partial charge is 0.383 e. The molecule has 3 aromatic rings. The number of pyridine rings is 1. The zero-order valence-corrected chi connectivity index (χ0v) is 9.44. The van der Waals surface area contributed by atoms with Gasteiger partial charge in [0.05, 0.1) is 5.39 Å². The summed E-state index contributed by atoms with van der Waals surface area (Å²) in [5, 5.41) is 7.77. The molecule has 1 aromatic carbocycles. The minimum Gasteiger partial charge on any atom is -0.383 e. The van der Waals surface area contributed by atoms with Gasteiger partial charge in [-0.15, -0.1) is 0 Å². The Kier molecular flexibility index (Phi) is 2.08. The van der Waals surface area contributed by atoms with Crippen molar-refractivity contribution in [1.29, 1.82) is 0 Å². The standard InChI is InChI=1S/C13H12N4/c1-8-7-10(9-5-3-2-4-6-9)11-12(14)16-17-13(11)15-8/h2-7H,1H3,(H3,14,15,16,17). The molecule has 0 radical (unpaired) electrons. The van der Waals surface area contributed by atoms with Crippen molar-refractivity contribution in [3.8, 4) is 11.1 Å². The van der Waals surface area contributed by atoms with Crippen LogP contribution in [0.5, 0.6) is 0 Å². The Labute approximate surface area is 98.5 Å². The van der Waals surface area contributed by atoms with Crippen LogP contribution in [-0.2, 0) is 0 Å². The fourth-order valence-corrected chi connectivity index (χ4v) is 2.02. The van der Waals surface area contributed by atoms with E-state index in [1.807, 2.05) is 31.2 Å². The molecule has 3 N–H and O–H groups in total. The zero-order valence-electron chi connectivity index (χ0n) is 9.44. The van der Waals surface area contributed by atoms with Crippen LogP contribution >= 0.6 is 0 Å². The van der Waals surface area contributed by atoms with E-state index < -0.39 is 0 Å². The first-order chi connectivity index (χ1) is 8.25. The average Bonchev–Trinajstić information content (AvgIpc) is 2.71. The van der Waals surface area contributed by atoms with Gasteiger partial charge < -0.3 is 5.73 Å². The molecule has 0 amide bonds. The van der Waals surface area contributed by atoms with E-state index in [2.05, 4.69) is 27.3 Å². The number of rotatable bonds is 1. The number of hydrogen-bond donors (Lipinski definition) is 2. The van der Waals surface area contributed by atoms with Crippen LogP contribution in [0.2, 0.25) is 0 Å². The smallest absolute Gasteiger partial charge is 0.183 e. The molecule has 84 valence electrons. The van der Waals surface area contributed by atoms with E-state index in [-0.39, 0.29) is 0 Å². The summed E-state index contributed by atoms with van der Waals surface area (Å²) in [5.41, 5.74) is 9.70. The molecular formula is C13H12N4. The highest BCUT2D eigenvalue weighted by molar-refractivity contribution is 5.99. The van der Waals surface area contributed by atoms with Gasteiger partial charge in [-0.2, -0.15) is 5.10 Å². The second-order valence-electron chi connectivity index (χ2n) is 4.01. The summed E-state index contributed by atoms with van der Waals surface area (Å²) >= 11 is 0. The van der Waals surface area contributed by atoms with Gasteiger partial charge in [0.1, 0.15) is 5.82 Å². The van der Waals surface area contributed by atoms with E-state index in [1.54, 1.807) is 0 Å². The summed E-state index contributed by atoms with van der Waals surface area (Å²) in [7, 11) is 0. The van der Waals surface area contributed by atoms with Crippen LogP contribution in [0.4, 0.5) is 5.82 Å². The molecule has 17 heavy (non-hydrogen) atoms. The molecule has 0 aliphatic carbocycles. The number of nitrogens with two attached hydrogens (primary N) is 1. The quantitative estimate of drug-likeness (QED) is 0.667. The van der Waals surface area contributed by atoms with E-state index in [0.717, 1.165) is 22.2 Å². The summed E-state index contributed by atoms with van der Waals surface area (Å²) in [6, 6.07) is 12.2. The molecule has 0 atom stereocenters. The van der Waals surface area contributed by atoms with Crippen molar-refractivity contribution >= 4 is 16.9 Å². The maximum atomic E-state index is 5.91. The second-order valence-corrected chi connectivity index (χ2v) is 4.01. The van der Waals surface area contributed by atoms with Crippen LogP contribution < -0.4 is 5.73 Å². The lowest BCUT2D eigenvalue weighted by Crippen LogP contribution is -1.89. The maximum absolute atomic E-state index is 5.91. The van der Waals surface area contributed by atoms with Crippen LogP contribution in [0.25, 0.3) is 22.2 Å². The maximum Gasteiger partial charge on any atom is 0.183 e. The monoisotopic (exact) mass is 224 g/mol. The summed E-state index contributed by atoms with van der Waals surface area (Å²) in [5.74, 6) is 0.561. The van der Waals surface area contributed by atoms with Crippen LogP contribution in [0.3, 0.4) is 0 Å². The number of anilines is 1. The van der Waals surface area contributed by atoms with Crippen molar-refractivity contribution in [2.75, 3.05) is 5.73 Å². The number of benzene rings is 1. The Balaban J connectivity index is 2.39. The normalized spacial score (nSPS) is 10.9. The fraction of sp³-hybridized carbons (Fsp3) is 0.0769. The third-order valence-electron chi connectivity index (χ3n) is 2.76. The minimum absolute atomic E-state index is 0.561. The molecule has 4 nitrogen and oxygen atoms in total. The summed E-state index contributed by atoms with van der Waals surface area (Å²) in [6.45, 7) is 1.96. The van der Waals surface area contributed by atoms with E-state index >= 15 is 0 Å². The van der Waals surface area contributed by atoms with E-state index in [4.69, 9.17) is 5.73 Å². The lowest BCUT2D eigenvalue weighted by atomic mass is 10.0. The van der Waals surface area contributed by atoms with Gasteiger partial charge in [0, 0.05) is 5.69 Å². The van der Waals surface area contributed by atoms with E-state index in [1.165, 1.54) is 0 Å². The molecule has 0 fully saturated rings. The van der Waals surface area contributed by atoms with Gasteiger partial charge in [-0.25, -0.2) is 4.98 Å². The van der Waals surface area contributed by atoms with Gasteiger partial charge in [0.2, 0.25) is 0 Å². The summed E-state index contributed by atoms with van der Waals surface area (Å²) < 4.78 is 0. The van der Waals surface area contributed by atoms with Gasteiger partial charge in [-0.3, -0.25) is 5.10 Å². The van der Waals surface area contributed by atoms with Crippen LogP contribution in [-0.4, -0.2) is 15.2 Å². The van der Waals surface area contributed by atoms with Crippen LogP contribution in [0.15, 0.2) is 36.4 Å². The first-order valence-electron chi connectivity index (χ1n) is 5.42. The highest BCUT2D eigenvalue weighted by Gasteiger charge is 2.11. The van der Waals surface area contributed by atoms with Crippen molar-refractivity contribution in [1.82, 2.24) is 15.2 Å². The molecule has 0 aliphatic heterocycles. The number of fused-ring (bicyclic) bond motifs is 1. The molecule has 4 heteroatoms. The lowest BCUT2D eigenvalue weighted by Gasteiger charge is -2.04. The Hall–Kier alpha value is -2.36. The summed E-state index contributed by atoms with van der Waals surface area (Å²) in [4.78, 5) is 4.36. The van der Waals surface area contributed by atoms with Crippen molar-refractivity contribution < 1.29 is 0 Å². The number of aryl methyl sites for hydroxylation is 1. The number of H-pyrrole nitrogens is 1. The molecule has 3 rings (SSSR count). The van der Waals surface area contributed by atoms with Crippen LogP contribution in [0, 0.1) is 6.92 Å². The molecule has 0 unspecified atom stereocenters. The van der Waals surface area contributed by atoms with Gasteiger partial charge in [-0.1, -0.05) is 30.3 Å². The topological polar surface area (TPSA) is 67.6 Å². The molecular weight excluding hydrogens is 212 g/mol. The zero-order chi connectivity index (χ0) is 11.8. The first-order valence-corrected chi connectivity index (χ1v) is 5.42. The predicted molar refractivity (Wildman–Crippen MR) is 68.5 cm³/mol. The van der Waals surface area contributed by atoms with Crippen molar-refractivity contribution in [2.45, 2.75) is 6.92 Å². The molecule has 0 aliphatic rings. The van der Waals surface area contributed by atoms with Gasteiger partial charge in [0.15, 0.2) is 5.65 Å². The predicted octanol–water partition coefficient (Wildman–Crippen LogP) is 2.52. The number of nitrogen functional groups attached to an aromatic ring is 1. The number of aromatic nitrogens is 3. The molecule has 0 spiro atoms. The first kappa shape index (κ1) is 9.84. The molecule has 0 saturated carbocycles.